The third-order valence-electron chi connectivity index (χ3n) is 4.33. The molecule has 2 rings (SSSR count). The van der Waals surface area contributed by atoms with Crippen LogP contribution in [0.3, 0.4) is 0 Å². The Morgan fingerprint density at radius 1 is 0.939 bits per heavy atom. The summed E-state index contributed by atoms with van der Waals surface area (Å²) in [7, 11) is -3.49. The second-order valence-electron chi connectivity index (χ2n) is 7.01. The predicted octanol–water partition coefficient (Wildman–Crippen LogP) is 2.39. The molecule has 9 nitrogen and oxygen atoms in total. The van der Waals surface area contributed by atoms with Gasteiger partial charge in [0.2, 0.25) is 5.91 Å². The molecule has 0 atom stereocenters. The Kier molecular flexibility index (Phi) is 9.56. The molecule has 0 aliphatic heterocycles. The molecule has 0 saturated heterocycles. The van der Waals surface area contributed by atoms with Gasteiger partial charge < -0.3 is 15.4 Å². The quantitative estimate of drug-likeness (QED) is 0.361. The first-order chi connectivity index (χ1) is 15.6. The van der Waals surface area contributed by atoms with Crippen molar-refractivity contribution in [2.75, 3.05) is 24.7 Å². The van der Waals surface area contributed by atoms with Crippen LogP contribution >= 0.6 is 11.6 Å². The molecule has 0 saturated carbocycles. The van der Waals surface area contributed by atoms with Gasteiger partial charge in [0.1, 0.15) is 0 Å². The third kappa shape index (κ3) is 9.03. The van der Waals surface area contributed by atoms with Crippen molar-refractivity contribution in [1.29, 1.82) is 0 Å². The average molecular weight is 495 g/mol. The van der Waals surface area contributed by atoms with E-state index < -0.39 is 28.3 Å². The summed E-state index contributed by atoms with van der Waals surface area (Å²) in [4.78, 5) is 47.5. The number of nitrogens with one attached hydrogen (secondary N) is 2. The summed E-state index contributed by atoms with van der Waals surface area (Å²) in [6.45, 7) is -0.626. The van der Waals surface area contributed by atoms with Gasteiger partial charge in [0.15, 0.2) is 22.2 Å². The predicted molar refractivity (Wildman–Crippen MR) is 122 cm³/mol. The highest BCUT2D eigenvalue weighted by molar-refractivity contribution is 7.90. The van der Waals surface area contributed by atoms with Crippen LogP contribution in [-0.4, -0.2) is 51.4 Å². The van der Waals surface area contributed by atoms with E-state index in [9.17, 15) is 27.6 Å². The van der Waals surface area contributed by atoms with Gasteiger partial charge in [-0.3, -0.25) is 19.2 Å². The molecule has 0 bridgehead atoms. The highest BCUT2D eigenvalue weighted by Gasteiger charge is 2.14. The Morgan fingerprint density at radius 3 is 2.30 bits per heavy atom. The summed E-state index contributed by atoms with van der Waals surface area (Å²) in [5.41, 5.74) is 0.592. The molecule has 0 unspecified atom stereocenters. The van der Waals surface area contributed by atoms with Gasteiger partial charge in [0.25, 0.3) is 5.91 Å². The molecule has 0 aliphatic carbocycles. The molecular formula is C22H23ClN2O7S. The van der Waals surface area contributed by atoms with E-state index in [2.05, 4.69) is 10.6 Å². The van der Waals surface area contributed by atoms with Crippen LogP contribution in [0.5, 0.6) is 0 Å². The lowest BCUT2D eigenvalue weighted by Gasteiger charge is -2.10. The maximum atomic E-state index is 12.0. The largest absolute Gasteiger partial charge is 0.456 e. The number of ether oxygens (including phenoxy) is 1. The van der Waals surface area contributed by atoms with E-state index in [1.807, 2.05) is 0 Å². The van der Waals surface area contributed by atoms with Crippen molar-refractivity contribution in [2.24, 2.45) is 0 Å². The molecular weight excluding hydrogens is 472 g/mol. The molecule has 2 aromatic rings. The van der Waals surface area contributed by atoms with Gasteiger partial charge >= 0.3 is 5.97 Å². The maximum Gasteiger partial charge on any atom is 0.308 e. The number of benzene rings is 2. The fourth-order valence-corrected chi connectivity index (χ4v) is 3.44. The molecule has 33 heavy (non-hydrogen) atoms. The highest BCUT2D eigenvalue weighted by atomic mass is 35.5. The molecule has 11 heteroatoms. The first-order valence-electron chi connectivity index (χ1n) is 9.86. The fourth-order valence-electron chi connectivity index (χ4n) is 2.62. The molecule has 0 aliphatic rings. The van der Waals surface area contributed by atoms with Crippen molar-refractivity contribution in [2.45, 2.75) is 24.2 Å². The standard InChI is InChI=1S/C22H23ClN2O7S/c1-33(30,31)16-7-8-17(23)18(13-16)25-21(28)14-32-22(29)11-12-24-20(27)10-9-19(26)15-5-3-2-4-6-15/h2-8,13H,9-12,14H2,1H3,(H,24,27)(H,25,28). The number of hydrogen-bond donors (Lipinski definition) is 2. The lowest BCUT2D eigenvalue weighted by Crippen LogP contribution is -2.28. The lowest BCUT2D eigenvalue weighted by molar-refractivity contribution is -0.147. The van der Waals surface area contributed by atoms with Crippen LogP contribution in [0, 0.1) is 0 Å². The van der Waals surface area contributed by atoms with E-state index >= 15 is 0 Å². The Labute approximate surface area is 196 Å². The Bertz CT molecular complexity index is 1130. The SMILES string of the molecule is CS(=O)(=O)c1ccc(Cl)c(NC(=O)COC(=O)CCNC(=O)CCC(=O)c2ccccc2)c1. The molecule has 2 N–H and O–H groups in total. The second kappa shape index (κ2) is 12.1. The van der Waals surface area contributed by atoms with Crippen LogP contribution in [0.25, 0.3) is 0 Å². The number of anilines is 1. The zero-order chi connectivity index (χ0) is 24.4. The number of esters is 1. The van der Waals surface area contributed by atoms with Crippen molar-refractivity contribution in [3.05, 3.63) is 59.1 Å². The van der Waals surface area contributed by atoms with E-state index in [1.54, 1.807) is 30.3 Å². The highest BCUT2D eigenvalue weighted by Crippen LogP contribution is 2.25. The van der Waals surface area contributed by atoms with Gasteiger partial charge in [-0.15, -0.1) is 0 Å². The lowest BCUT2D eigenvalue weighted by atomic mass is 10.1. The van der Waals surface area contributed by atoms with Crippen LogP contribution in [0.1, 0.15) is 29.6 Å². The number of carbonyl (C=O) groups is 4. The number of ketones is 1. The van der Waals surface area contributed by atoms with Crippen LogP contribution in [0.2, 0.25) is 5.02 Å². The van der Waals surface area contributed by atoms with Gasteiger partial charge in [-0.05, 0) is 18.2 Å². The summed E-state index contributed by atoms with van der Waals surface area (Å²) >= 11 is 5.95. The number of Topliss-reactive ketones (excluding diaryl/α,β-unsaturated/α-hetero) is 1. The minimum Gasteiger partial charge on any atom is -0.456 e. The summed E-state index contributed by atoms with van der Waals surface area (Å²) in [5, 5.41) is 5.01. The van der Waals surface area contributed by atoms with Gasteiger partial charge in [-0.1, -0.05) is 41.9 Å². The van der Waals surface area contributed by atoms with Crippen molar-refractivity contribution < 1.29 is 32.3 Å². The summed E-state index contributed by atoms with van der Waals surface area (Å²) in [6.07, 6.45) is 0.877. The van der Waals surface area contributed by atoms with Crippen molar-refractivity contribution in [3.63, 3.8) is 0 Å². The van der Waals surface area contributed by atoms with E-state index in [0.717, 1.165) is 6.26 Å². The number of amides is 2. The van der Waals surface area contributed by atoms with Crippen molar-refractivity contribution in [1.82, 2.24) is 5.32 Å². The molecule has 0 heterocycles. The maximum absolute atomic E-state index is 12.0. The molecule has 0 spiro atoms. The second-order valence-corrected chi connectivity index (χ2v) is 9.43. The molecule has 176 valence electrons. The zero-order valence-corrected chi connectivity index (χ0v) is 19.4. The summed E-state index contributed by atoms with van der Waals surface area (Å²) in [6, 6.07) is 12.4. The van der Waals surface area contributed by atoms with Crippen LogP contribution in [-0.2, 0) is 29.0 Å². The van der Waals surface area contributed by atoms with Crippen LogP contribution in [0.15, 0.2) is 53.4 Å². The number of carbonyl (C=O) groups excluding carboxylic acids is 4. The van der Waals surface area contributed by atoms with Gasteiger partial charge in [0, 0.05) is 31.2 Å². The van der Waals surface area contributed by atoms with Gasteiger partial charge in [0.05, 0.1) is 22.0 Å². The number of halogens is 1. The fraction of sp³-hybridized carbons (Fsp3) is 0.273. The van der Waals surface area contributed by atoms with E-state index in [1.165, 1.54) is 18.2 Å². The Balaban J connectivity index is 1.68. The molecule has 0 aromatic heterocycles. The summed E-state index contributed by atoms with van der Waals surface area (Å²) < 4.78 is 28.1. The monoisotopic (exact) mass is 494 g/mol. The zero-order valence-electron chi connectivity index (χ0n) is 17.8. The van der Waals surface area contributed by atoms with E-state index in [-0.39, 0.29) is 53.1 Å². The first kappa shape index (κ1) is 26.0. The molecule has 2 aromatic carbocycles. The minimum absolute atomic E-state index is 0.0129. The van der Waals surface area contributed by atoms with Crippen LogP contribution < -0.4 is 10.6 Å². The number of sulfone groups is 1. The minimum atomic E-state index is -3.49. The third-order valence-corrected chi connectivity index (χ3v) is 5.77. The van der Waals surface area contributed by atoms with Crippen molar-refractivity contribution >= 4 is 50.7 Å². The van der Waals surface area contributed by atoms with E-state index in [0.29, 0.717) is 5.56 Å². The average Bonchev–Trinajstić information content (AvgIpc) is 2.77. The smallest absolute Gasteiger partial charge is 0.308 e. The number of rotatable bonds is 11. The van der Waals surface area contributed by atoms with E-state index in [4.69, 9.17) is 16.3 Å². The normalized spacial score (nSPS) is 10.8. The van der Waals surface area contributed by atoms with Crippen LogP contribution in [0.4, 0.5) is 5.69 Å². The van der Waals surface area contributed by atoms with Gasteiger partial charge in [-0.2, -0.15) is 0 Å². The molecule has 0 radical (unpaired) electrons. The Hall–Kier alpha value is -3.24. The van der Waals surface area contributed by atoms with Gasteiger partial charge in [-0.25, -0.2) is 8.42 Å². The Morgan fingerprint density at radius 2 is 1.64 bits per heavy atom. The summed E-state index contributed by atoms with van der Waals surface area (Å²) in [5.74, 6) is -1.97. The molecule has 2 amide bonds. The topological polar surface area (TPSA) is 136 Å². The molecule has 0 fully saturated rings. The van der Waals surface area contributed by atoms with Crippen molar-refractivity contribution in [3.8, 4) is 0 Å². The first-order valence-corrected chi connectivity index (χ1v) is 12.1. The number of hydrogen-bond acceptors (Lipinski definition) is 7.